The Hall–Kier alpha value is -3.19. The molecule has 218 valence electrons. The molecule has 2 spiro atoms. The minimum atomic E-state index is -0.643. The topological polar surface area (TPSA) is 88.1 Å². The molecule has 0 N–H and O–H groups in total. The van der Waals surface area contributed by atoms with Crippen molar-refractivity contribution < 1.29 is 33.3 Å². The fraction of sp³-hybridized carbons (Fsp3) is 0.559. The maximum atomic E-state index is 13.3. The Balaban J connectivity index is 1.33. The number of benzene rings is 2. The van der Waals surface area contributed by atoms with Crippen LogP contribution in [-0.4, -0.2) is 49.4 Å². The summed E-state index contributed by atoms with van der Waals surface area (Å²) in [6, 6.07) is 18.0. The zero-order valence-electron chi connectivity index (χ0n) is 24.2. The summed E-state index contributed by atoms with van der Waals surface area (Å²) in [6.07, 6.45) is 4.01. The summed E-state index contributed by atoms with van der Waals surface area (Å²) >= 11 is 0. The summed E-state index contributed by atoms with van der Waals surface area (Å²) in [4.78, 5) is 38.6. The Morgan fingerprint density at radius 3 is 2.20 bits per heavy atom. The molecule has 0 radical (unpaired) electrons. The zero-order chi connectivity index (χ0) is 28.9. The van der Waals surface area contributed by atoms with E-state index >= 15 is 0 Å². The van der Waals surface area contributed by atoms with E-state index in [2.05, 4.69) is 20.8 Å². The molecule has 2 aromatic rings. The van der Waals surface area contributed by atoms with Crippen molar-refractivity contribution in [2.75, 3.05) is 19.8 Å². The van der Waals surface area contributed by atoms with Gasteiger partial charge in [0, 0.05) is 16.2 Å². The summed E-state index contributed by atoms with van der Waals surface area (Å²) < 4.78 is 24.6. The number of rotatable bonds is 5. The summed E-state index contributed by atoms with van der Waals surface area (Å²) in [5, 5.41) is 0. The first-order valence-corrected chi connectivity index (χ1v) is 14.9. The first-order chi connectivity index (χ1) is 19.6. The van der Waals surface area contributed by atoms with E-state index in [1.165, 1.54) is 0 Å². The molecule has 4 aliphatic rings. The first kappa shape index (κ1) is 28.0. The van der Waals surface area contributed by atoms with Gasteiger partial charge in [-0.1, -0.05) is 57.2 Å². The van der Waals surface area contributed by atoms with E-state index in [-0.39, 0.29) is 41.3 Å². The van der Waals surface area contributed by atoms with Crippen LogP contribution < -0.4 is 0 Å². The number of cyclic esters (lactones) is 1. The van der Waals surface area contributed by atoms with Crippen molar-refractivity contribution in [2.24, 2.45) is 28.1 Å². The van der Waals surface area contributed by atoms with Crippen LogP contribution in [0.25, 0.3) is 0 Å². The van der Waals surface area contributed by atoms with Gasteiger partial charge >= 0.3 is 17.9 Å². The van der Waals surface area contributed by atoms with Crippen LogP contribution >= 0.6 is 0 Å². The van der Waals surface area contributed by atoms with Crippen LogP contribution in [0.4, 0.5) is 0 Å². The van der Waals surface area contributed by atoms with Crippen LogP contribution in [0, 0.1) is 28.1 Å². The lowest BCUT2D eigenvalue weighted by atomic mass is 9.43. The number of hydrogen-bond donors (Lipinski definition) is 0. The van der Waals surface area contributed by atoms with Crippen LogP contribution in [0.15, 0.2) is 60.7 Å². The summed E-state index contributed by atoms with van der Waals surface area (Å²) in [5.41, 5.74) is -0.649. The second-order valence-electron chi connectivity index (χ2n) is 13.4. The Labute approximate surface area is 241 Å². The lowest BCUT2D eigenvalue weighted by Crippen LogP contribution is -2.66. The van der Waals surface area contributed by atoms with Gasteiger partial charge < -0.3 is 18.9 Å². The van der Waals surface area contributed by atoms with Crippen LogP contribution in [-0.2, 0) is 23.7 Å². The Bertz CT molecular complexity index is 1310. The normalized spacial score (nSPS) is 37.9. The number of hydrogen-bond acceptors (Lipinski definition) is 7. The third kappa shape index (κ3) is 4.57. The van der Waals surface area contributed by atoms with Crippen LogP contribution in [0.2, 0.25) is 0 Å². The predicted molar refractivity (Wildman–Crippen MR) is 151 cm³/mol. The van der Waals surface area contributed by atoms with Crippen LogP contribution in [0.3, 0.4) is 0 Å². The van der Waals surface area contributed by atoms with Gasteiger partial charge in [-0.05, 0) is 68.2 Å². The van der Waals surface area contributed by atoms with E-state index in [9.17, 15) is 14.4 Å². The number of carbonyl (C=O) groups is 3. The molecule has 2 saturated heterocycles. The quantitative estimate of drug-likeness (QED) is 0.327. The van der Waals surface area contributed by atoms with Gasteiger partial charge in [-0.25, -0.2) is 9.59 Å². The Morgan fingerprint density at radius 1 is 0.902 bits per heavy atom. The zero-order valence-corrected chi connectivity index (χ0v) is 24.2. The van der Waals surface area contributed by atoms with Gasteiger partial charge in [0.05, 0.1) is 36.4 Å². The SMILES string of the molecule is C[C@H]1CC[C@@H]2[C@](C)(COC(=O)c3ccccc3)[C@@H](OC(=O)c3ccccc3)CC[C@]2(C)[C@]12C[C@]1(COC(=O)C1)CO2. The first-order valence-electron chi connectivity index (χ1n) is 14.9. The largest absolute Gasteiger partial charge is 0.465 e. The molecule has 6 rings (SSSR count). The van der Waals surface area contributed by atoms with Crippen molar-refractivity contribution in [2.45, 2.75) is 71.0 Å². The molecule has 4 fully saturated rings. The van der Waals surface area contributed by atoms with Crippen molar-refractivity contribution in [1.29, 1.82) is 0 Å². The van der Waals surface area contributed by atoms with Gasteiger partial charge in [0.2, 0.25) is 0 Å². The molecular weight excluding hydrogens is 520 g/mol. The highest BCUT2D eigenvalue weighted by Gasteiger charge is 2.70. The molecule has 0 aromatic heterocycles. The molecule has 7 heteroatoms. The molecule has 7 atom stereocenters. The maximum absolute atomic E-state index is 13.3. The van der Waals surface area contributed by atoms with Crippen molar-refractivity contribution in [3.8, 4) is 0 Å². The average molecular weight is 561 g/mol. The molecule has 7 nitrogen and oxygen atoms in total. The Morgan fingerprint density at radius 2 is 1.56 bits per heavy atom. The van der Waals surface area contributed by atoms with Crippen molar-refractivity contribution in [1.82, 2.24) is 0 Å². The van der Waals surface area contributed by atoms with E-state index < -0.39 is 17.1 Å². The minimum absolute atomic E-state index is 0.0604. The van der Waals surface area contributed by atoms with Gasteiger partial charge in [-0.2, -0.15) is 0 Å². The average Bonchev–Trinajstić information content (AvgIpc) is 3.55. The third-order valence-corrected chi connectivity index (χ3v) is 11.0. The minimum Gasteiger partial charge on any atom is -0.465 e. The summed E-state index contributed by atoms with van der Waals surface area (Å²) in [6.45, 7) is 7.75. The molecule has 0 amide bonds. The number of fused-ring (bicyclic) bond motifs is 2. The maximum Gasteiger partial charge on any atom is 0.338 e. The molecular formula is C34H40O7. The standard InChI is InChI=1S/C34H40O7/c1-23-14-15-26-31(2,20-39-29(36)24-10-6-4-7-11-24)27(41-30(37)25-12-8-5-9-13-25)16-17-32(26,3)34(23)19-33(22-40-34)18-28(35)38-21-33/h4-13,23,26-27H,14-22H2,1-3H3/t23-,26+,27-,31-,32-,33+,34-/m0/s1. The lowest BCUT2D eigenvalue weighted by molar-refractivity contribution is -0.242. The molecule has 0 bridgehead atoms. The van der Waals surface area contributed by atoms with Gasteiger partial charge in [0.1, 0.15) is 12.7 Å². The predicted octanol–water partition coefficient (Wildman–Crippen LogP) is 6.01. The lowest BCUT2D eigenvalue weighted by Gasteiger charge is -2.65. The van der Waals surface area contributed by atoms with Gasteiger partial charge in [0.25, 0.3) is 0 Å². The molecule has 2 saturated carbocycles. The fourth-order valence-corrected chi connectivity index (χ4v) is 8.76. The van der Waals surface area contributed by atoms with E-state index in [0.717, 1.165) is 25.7 Å². The fourth-order valence-electron chi connectivity index (χ4n) is 8.76. The van der Waals surface area contributed by atoms with Crippen LogP contribution in [0.1, 0.15) is 80.0 Å². The summed E-state index contributed by atoms with van der Waals surface area (Å²) in [7, 11) is 0. The highest BCUT2D eigenvalue weighted by molar-refractivity contribution is 5.90. The second-order valence-corrected chi connectivity index (χ2v) is 13.4. The molecule has 2 aromatic carbocycles. The van der Waals surface area contributed by atoms with Crippen molar-refractivity contribution in [3.63, 3.8) is 0 Å². The van der Waals surface area contributed by atoms with Gasteiger partial charge in [0.15, 0.2) is 0 Å². The molecule has 41 heavy (non-hydrogen) atoms. The summed E-state index contributed by atoms with van der Waals surface area (Å²) in [5.74, 6) is -0.547. The monoisotopic (exact) mass is 560 g/mol. The van der Waals surface area contributed by atoms with Crippen molar-refractivity contribution >= 4 is 17.9 Å². The Kier molecular flexibility index (Phi) is 7.00. The molecule has 0 unspecified atom stereocenters. The third-order valence-electron chi connectivity index (χ3n) is 11.0. The number of carbonyl (C=O) groups excluding carboxylic acids is 3. The van der Waals surface area contributed by atoms with E-state index in [1.54, 1.807) is 24.3 Å². The molecule has 2 heterocycles. The number of ether oxygens (including phenoxy) is 4. The molecule has 2 aliphatic heterocycles. The van der Waals surface area contributed by atoms with Gasteiger partial charge in [-0.15, -0.1) is 0 Å². The van der Waals surface area contributed by atoms with Crippen molar-refractivity contribution in [3.05, 3.63) is 71.8 Å². The van der Waals surface area contributed by atoms with E-state index in [0.29, 0.717) is 43.1 Å². The smallest absolute Gasteiger partial charge is 0.338 e. The van der Waals surface area contributed by atoms with Gasteiger partial charge in [-0.3, -0.25) is 4.79 Å². The van der Waals surface area contributed by atoms with Crippen LogP contribution in [0.5, 0.6) is 0 Å². The van der Waals surface area contributed by atoms with E-state index in [4.69, 9.17) is 18.9 Å². The second kappa shape index (κ2) is 10.3. The highest BCUT2D eigenvalue weighted by atomic mass is 16.6. The van der Waals surface area contributed by atoms with E-state index in [1.807, 2.05) is 36.4 Å². The number of esters is 3. The highest BCUT2D eigenvalue weighted by Crippen LogP contribution is 2.69. The molecule has 2 aliphatic carbocycles.